The van der Waals surface area contributed by atoms with Crippen molar-refractivity contribution < 1.29 is 20.4 Å². The van der Waals surface area contributed by atoms with Gasteiger partial charge in [0.05, 0.1) is 22.1 Å². The average Bonchev–Trinajstić information content (AvgIpc) is 4.44. The summed E-state index contributed by atoms with van der Waals surface area (Å²) in [6.07, 6.45) is 4.66. The smallest absolute Gasteiger partial charge is 0.0572 e. The Hall–Kier alpha value is -9.50. The molecule has 0 unspecified atom stereocenters. The van der Waals surface area contributed by atoms with Gasteiger partial charge in [-0.2, -0.15) is 0 Å². The van der Waals surface area contributed by atoms with Crippen LogP contribution in [-0.2, 0) is 20.4 Å². The molecular formula is C72H50N4Pd. The Bertz CT molecular complexity index is 4210. The average molecular weight is 1080 g/mol. The van der Waals surface area contributed by atoms with Gasteiger partial charge in [-0.05, 0) is 56.7 Å². The van der Waals surface area contributed by atoms with Crippen molar-refractivity contribution in [2.75, 3.05) is 0 Å². The molecule has 0 spiro atoms. The number of fused-ring (bicyclic) bond motifs is 11. The van der Waals surface area contributed by atoms with E-state index in [-0.39, 0.29) is 20.4 Å². The van der Waals surface area contributed by atoms with Crippen LogP contribution in [0.15, 0.2) is 267 Å². The molecule has 0 fully saturated rings. The first-order valence-corrected chi connectivity index (χ1v) is 26.0. The van der Waals surface area contributed by atoms with Gasteiger partial charge in [-0.15, -0.1) is 0 Å². The minimum Gasteiger partial charge on any atom is -0.354 e. The molecular weight excluding hydrogens is 1030 g/mol. The summed E-state index contributed by atoms with van der Waals surface area (Å²) in [5.41, 5.74) is 21.5. The molecule has 0 saturated carbocycles. The Morgan fingerprint density at radius 2 is 0.455 bits per heavy atom. The topological polar surface area (TPSA) is 63.2 Å². The van der Waals surface area contributed by atoms with Crippen LogP contribution in [0.25, 0.3) is 101 Å². The molecule has 0 atom stereocenters. The number of hydrogen-bond acceptors (Lipinski definition) is 0. The van der Waals surface area contributed by atoms with Gasteiger partial charge in [-0.25, -0.2) is 0 Å². The molecule has 77 heavy (non-hydrogen) atoms. The minimum absolute atomic E-state index is 0. The zero-order chi connectivity index (χ0) is 50.4. The third kappa shape index (κ3) is 8.40. The van der Waals surface area contributed by atoms with Crippen molar-refractivity contribution in [1.29, 1.82) is 0 Å². The summed E-state index contributed by atoms with van der Waals surface area (Å²) in [6, 6.07) is 96.1. The van der Waals surface area contributed by atoms with E-state index in [0.29, 0.717) is 0 Å². The minimum atomic E-state index is 0. The van der Waals surface area contributed by atoms with Gasteiger partial charge in [-0.1, -0.05) is 267 Å². The number of nitrogens with one attached hydrogen (secondary N) is 4. The van der Waals surface area contributed by atoms with E-state index in [1.165, 1.54) is 0 Å². The summed E-state index contributed by atoms with van der Waals surface area (Å²) in [7, 11) is 0. The van der Waals surface area contributed by atoms with Gasteiger partial charge in [0, 0.05) is 97.8 Å². The van der Waals surface area contributed by atoms with Gasteiger partial charge in [0.1, 0.15) is 0 Å². The van der Waals surface area contributed by atoms with E-state index >= 15 is 0 Å². The van der Waals surface area contributed by atoms with E-state index in [1.807, 2.05) is 0 Å². The normalized spacial score (nSPS) is 11.9. The van der Waals surface area contributed by atoms with E-state index < -0.39 is 0 Å². The van der Waals surface area contributed by atoms with Gasteiger partial charge >= 0.3 is 0 Å². The van der Waals surface area contributed by atoms with E-state index in [2.05, 4.69) is 299 Å². The Labute approximate surface area is 460 Å². The summed E-state index contributed by atoms with van der Waals surface area (Å²) in [5, 5.41) is 6.25. The Morgan fingerprint density at radius 1 is 0.208 bits per heavy atom. The quantitative estimate of drug-likeness (QED) is 0.110. The molecule has 4 nitrogen and oxygen atoms in total. The second-order valence-electron chi connectivity index (χ2n) is 19.4. The van der Waals surface area contributed by atoms with Gasteiger partial charge in [-0.3, -0.25) is 0 Å². The summed E-state index contributed by atoms with van der Waals surface area (Å²) in [5.74, 6) is 0. The molecule has 5 heteroatoms. The summed E-state index contributed by atoms with van der Waals surface area (Å²) in [6.45, 7) is 0. The first-order chi connectivity index (χ1) is 37.7. The van der Waals surface area contributed by atoms with Crippen molar-refractivity contribution in [1.82, 2.24) is 19.9 Å². The van der Waals surface area contributed by atoms with Gasteiger partial charge in [0.25, 0.3) is 0 Å². The van der Waals surface area contributed by atoms with E-state index in [0.717, 1.165) is 144 Å². The number of benzene rings is 9. The number of aromatic nitrogens is 4. The number of rotatable bonds is 8. The molecule has 0 saturated heterocycles. The summed E-state index contributed by atoms with van der Waals surface area (Å²) >= 11 is 0. The number of H-pyrrole nitrogens is 4. The molecule has 368 valence electrons. The maximum Gasteiger partial charge on any atom is 0.0572 e. The molecule has 0 radical (unpaired) electrons. The van der Waals surface area contributed by atoms with Crippen molar-refractivity contribution in [3.63, 3.8) is 0 Å². The van der Waals surface area contributed by atoms with Crippen LogP contribution in [0, 0.1) is 0 Å². The van der Waals surface area contributed by atoms with Gasteiger partial charge in [0.15, 0.2) is 0 Å². The Balaban J connectivity index is 0.00000566. The van der Waals surface area contributed by atoms with Crippen LogP contribution in [0.4, 0.5) is 0 Å². The van der Waals surface area contributed by atoms with Gasteiger partial charge in [0.2, 0.25) is 0 Å². The molecule has 8 bridgehead atoms. The Morgan fingerprint density at radius 3 is 0.753 bits per heavy atom. The SMILES string of the molecule is C1=c2[nH]c(c3ccccc23)=Cc2[nH]c(c(-c3ccccc3)c2-c2ccccc2)C(c2ccccc2)=c2[nH]c(c(-c3ccccc3)c2-c2ccccc2)=C(c2ccccc2)c2[nH]c1c(-c1ccccc1)c2-c1ccccc1.[Pd]. The standard InChI is InChI=1S/C72H50N4.Pd/c1-9-27-47(28-10-1)61-59-45-57-55-43-25-26-44-56(55)58(73-57)46-60-62(48-29-11-2-12-30-48)64(50-33-15-4-16-34-50)70(75-60)68(54-41-23-8-24-42-54)72-66(52-37-19-6-20-38-52)65(51-35-17-5-18-36-51)71(76-72)67(53-39-21-7-22-40-53)69(74-59)63(61)49-31-13-3-14-32-49;/h1-46,73-76H;. The van der Waals surface area contributed by atoms with Crippen molar-refractivity contribution in [3.05, 3.63) is 322 Å². The largest absolute Gasteiger partial charge is 0.354 e. The predicted molar refractivity (Wildman–Crippen MR) is 315 cm³/mol. The Kier molecular flexibility index (Phi) is 12.5. The van der Waals surface area contributed by atoms with Crippen molar-refractivity contribution in [2.24, 2.45) is 0 Å². The monoisotopic (exact) mass is 1080 g/mol. The van der Waals surface area contributed by atoms with E-state index in [4.69, 9.17) is 0 Å². The first-order valence-electron chi connectivity index (χ1n) is 26.0. The second-order valence-corrected chi connectivity index (χ2v) is 19.4. The molecule has 1 aliphatic heterocycles. The molecule has 1 aliphatic rings. The van der Waals surface area contributed by atoms with Crippen LogP contribution in [0.2, 0.25) is 0 Å². The fourth-order valence-corrected chi connectivity index (χ4v) is 11.7. The third-order valence-electron chi connectivity index (χ3n) is 14.9. The molecule has 5 heterocycles. The number of hydrogen-bond donors (Lipinski definition) is 4. The van der Waals surface area contributed by atoms with Crippen LogP contribution in [-0.4, -0.2) is 19.9 Å². The molecule has 4 N–H and O–H groups in total. The van der Waals surface area contributed by atoms with Crippen LogP contribution in [0.5, 0.6) is 0 Å². The van der Waals surface area contributed by atoms with E-state index in [9.17, 15) is 0 Å². The fourth-order valence-electron chi connectivity index (χ4n) is 11.7. The van der Waals surface area contributed by atoms with Crippen LogP contribution in [0.1, 0.15) is 33.9 Å². The van der Waals surface area contributed by atoms with Gasteiger partial charge < -0.3 is 19.9 Å². The maximum absolute atomic E-state index is 4.39. The summed E-state index contributed by atoms with van der Waals surface area (Å²) < 4.78 is 0. The number of aromatic amines is 4. The van der Waals surface area contributed by atoms with Crippen LogP contribution in [0.3, 0.4) is 0 Å². The van der Waals surface area contributed by atoms with Crippen LogP contribution < -0.4 is 21.4 Å². The molecule has 13 aromatic rings. The predicted octanol–water partition coefficient (Wildman–Crippen LogP) is 14.6. The zero-order valence-corrected chi connectivity index (χ0v) is 43.4. The second kappa shape index (κ2) is 20.3. The van der Waals surface area contributed by atoms with Crippen molar-refractivity contribution in [3.8, 4) is 66.8 Å². The van der Waals surface area contributed by atoms with Crippen molar-refractivity contribution >= 4 is 34.1 Å². The summed E-state index contributed by atoms with van der Waals surface area (Å²) in [4.78, 5) is 16.9. The maximum atomic E-state index is 4.39. The first kappa shape index (κ1) is 47.2. The molecule has 14 rings (SSSR count). The van der Waals surface area contributed by atoms with E-state index in [1.54, 1.807) is 0 Å². The zero-order valence-electron chi connectivity index (χ0n) is 41.9. The molecule has 9 aromatic carbocycles. The third-order valence-corrected chi connectivity index (χ3v) is 14.9. The molecule has 0 amide bonds. The van der Waals surface area contributed by atoms with Crippen LogP contribution >= 0.6 is 0 Å². The molecule has 0 aliphatic carbocycles. The fraction of sp³-hybridized carbons (Fsp3) is 0. The van der Waals surface area contributed by atoms with Crippen molar-refractivity contribution in [2.45, 2.75) is 0 Å². The molecule has 4 aromatic heterocycles.